The molecule has 90 valence electrons. The number of nitrogens with two attached hydrogens (primary N) is 1. The second-order valence-corrected chi connectivity index (χ2v) is 3.59. The summed E-state index contributed by atoms with van der Waals surface area (Å²) in [4.78, 5) is 0. The molecule has 0 atom stereocenters. The van der Waals surface area contributed by atoms with E-state index in [0.717, 1.165) is 16.9 Å². The van der Waals surface area contributed by atoms with Crippen LogP contribution in [-0.4, -0.2) is 19.4 Å². The van der Waals surface area contributed by atoms with Gasteiger partial charge in [-0.2, -0.15) is 0 Å². The molecule has 0 unspecified atom stereocenters. The fourth-order valence-electron chi connectivity index (χ4n) is 1.78. The number of ether oxygens (including phenoxy) is 2. The van der Waals surface area contributed by atoms with Crippen LogP contribution < -0.4 is 15.2 Å². The maximum absolute atomic E-state index is 5.51. The first-order valence-electron chi connectivity index (χ1n) is 5.11. The van der Waals surface area contributed by atoms with E-state index in [0.29, 0.717) is 11.4 Å². The van der Waals surface area contributed by atoms with Gasteiger partial charge in [0.1, 0.15) is 17.2 Å². The summed E-state index contributed by atoms with van der Waals surface area (Å²) in [7, 11) is 3.23. The largest absolute Gasteiger partial charge is 0.496 e. The summed E-state index contributed by atoms with van der Waals surface area (Å²) < 4.78 is 15.5. The molecule has 5 nitrogen and oxygen atoms in total. The van der Waals surface area contributed by atoms with Gasteiger partial charge in [0, 0.05) is 17.2 Å². The molecule has 5 heteroatoms. The van der Waals surface area contributed by atoms with Crippen LogP contribution in [0.5, 0.6) is 11.5 Å². The number of hydrogen-bond donors (Lipinski definition) is 1. The van der Waals surface area contributed by atoms with E-state index in [2.05, 4.69) is 5.16 Å². The van der Waals surface area contributed by atoms with E-state index >= 15 is 0 Å². The number of rotatable bonds is 3. The summed E-state index contributed by atoms with van der Waals surface area (Å²) in [5.74, 6) is 1.75. The fourth-order valence-corrected chi connectivity index (χ4v) is 1.78. The third kappa shape index (κ3) is 1.91. The Morgan fingerprint density at radius 2 is 2.00 bits per heavy atom. The van der Waals surface area contributed by atoms with Crippen LogP contribution in [0.2, 0.25) is 0 Å². The lowest BCUT2D eigenvalue weighted by Crippen LogP contribution is -1.95. The Balaban J connectivity index is 2.58. The van der Waals surface area contributed by atoms with Crippen molar-refractivity contribution in [2.45, 2.75) is 6.92 Å². The van der Waals surface area contributed by atoms with E-state index in [1.807, 2.05) is 19.1 Å². The molecular formula is C12H14N2O3. The average Bonchev–Trinajstić information content (AvgIpc) is 2.75. The van der Waals surface area contributed by atoms with Gasteiger partial charge >= 0.3 is 0 Å². The number of benzene rings is 1. The van der Waals surface area contributed by atoms with E-state index in [4.69, 9.17) is 19.7 Å². The quantitative estimate of drug-likeness (QED) is 0.881. The number of nitrogen functional groups attached to an aromatic ring is 1. The maximum atomic E-state index is 5.51. The average molecular weight is 234 g/mol. The first-order chi connectivity index (χ1) is 8.17. The lowest BCUT2D eigenvalue weighted by Gasteiger charge is -2.12. The van der Waals surface area contributed by atoms with Crippen molar-refractivity contribution in [3.8, 4) is 22.8 Å². The topological polar surface area (TPSA) is 70.5 Å². The smallest absolute Gasteiger partial charge is 0.222 e. The zero-order valence-electron chi connectivity index (χ0n) is 9.98. The van der Waals surface area contributed by atoms with Crippen molar-refractivity contribution in [2.24, 2.45) is 0 Å². The minimum atomic E-state index is 0.274. The minimum absolute atomic E-state index is 0.274. The molecule has 0 bridgehead atoms. The third-order valence-electron chi connectivity index (χ3n) is 2.58. The lowest BCUT2D eigenvalue weighted by atomic mass is 10.1. The molecule has 0 aliphatic carbocycles. The van der Waals surface area contributed by atoms with Gasteiger partial charge in [0.15, 0.2) is 0 Å². The SMILES string of the molecule is COc1ccc(-c2cc(N)on2)c(OC)c1C. The molecule has 2 rings (SSSR count). The first kappa shape index (κ1) is 11.3. The molecule has 0 fully saturated rings. The second kappa shape index (κ2) is 4.37. The molecule has 1 aromatic carbocycles. The normalized spacial score (nSPS) is 10.3. The first-order valence-corrected chi connectivity index (χ1v) is 5.11. The highest BCUT2D eigenvalue weighted by Crippen LogP contribution is 2.37. The Morgan fingerprint density at radius 1 is 1.24 bits per heavy atom. The van der Waals surface area contributed by atoms with Crippen molar-refractivity contribution in [1.29, 1.82) is 0 Å². The fraction of sp³-hybridized carbons (Fsp3) is 0.250. The molecule has 17 heavy (non-hydrogen) atoms. The van der Waals surface area contributed by atoms with Gasteiger partial charge in [-0.15, -0.1) is 0 Å². The van der Waals surface area contributed by atoms with E-state index in [1.54, 1.807) is 20.3 Å². The van der Waals surface area contributed by atoms with Gasteiger partial charge in [0.2, 0.25) is 5.88 Å². The van der Waals surface area contributed by atoms with Crippen LogP contribution in [0.3, 0.4) is 0 Å². The highest BCUT2D eigenvalue weighted by molar-refractivity contribution is 5.72. The van der Waals surface area contributed by atoms with Crippen LogP contribution in [0.1, 0.15) is 5.56 Å². The van der Waals surface area contributed by atoms with Crippen molar-refractivity contribution in [2.75, 3.05) is 20.0 Å². The zero-order chi connectivity index (χ0) is 12.4. The van der Waals surface area contributed by atoms with Gasteiger partial charge in [-0.05, 0) is 19.1 Å². The van der Waals surface area contributed by atoms with Gasteiger partial charge in [-0.3, -0.25) is 0 Å². The molecule has 2 aromatic rings. The Labute approximate surface area is 99.1 Å². The number of hydrogen-bond acceptors (Lipinski definition) is 5. The Hall–Kier alpha value is -2.17. The van der Waals surface area contributed by atoms with Gasteiger partial charge in [-0.25, -0.2) is 0 Å². The summed E-state index contributed by atoms with van der Waals surface area (Å²) >= 11 is 0. The molecular weight excluding hydrogens is 220 g/mol. The van der Waals surface area contributed by atoms with Crippen LogP contribution in [0.25, 0.3) is 11.3 Å². The van der Waals surface area contributed by atoms with Crippen LogP contribution in [-0.2, 0) is 0 Å². The molecule has 0 aliphatic heterocycles. The Bertz CT molecular complexity index is 535. The zero-order valence-corrected chi connectivity index (χ0v) is 9.98. The lowest BCUT2D eigenvalue weighted by molar-refractivity contribution is 0.389. The highest BCUT2D eigenvalue weighted by Gasteiger charge is 2.15. The van der Waals surface area contributed by atoms with Crippen LogP contribution in [0.4, 0.5) is 5.88 Å². The second-order valence-electron chi connectivity index (χ2n) is 3.59. The van der Waals surface area contributed by atoms with Crippen molar-refractivity contribution in [1.82, 2.24) is 5.16 Å². The molecule has 0 amide bonds. The van der Waals surface area contributed by atoms with Crippen LogP contribution in [0.15, 0.2) is 22.7 Å². The van der Waals surface area contributed by atoms with Crippen LogP contribution >= 0.6 is 0 Å². The van der Waals surface area contributed by atoms with Gasteiger partial charge < -0.3 is 19.7 Å². The van der Waals surface area contributed by atoms with Crippen molar-refractivity contribution >= 4 is 5.88 Å². The molecule has 1 aromatic heterocycles. The summed E-state index contributed by atoms with van der Waals surface area (Å²) in [6.07, 6.45) is 0. The molecule has 1 heterocycles. The molecule has 0 aliphatic rings. The third-order valence-corrected chi connectivity index (χ3v) is 2.58. The Morgan fingerprint density at radius 3 is 2.53 bits per heavy atom. The van der Waals surface area contributed by atoms with E-state index in [1.165, 1.54) is 0 Å². The molecule has 0 spiro atoms. The van der Waals surface area contributed by atoms with E-state index < -0.39 is 0 Å². The van der Waals surface area contributed by atoms with Crippen molar-refractivity contribution < 1.29 is 14.0 Å². The number of anilines is 1. The summed E-state index contributed by atoms with van der Waals surface area (Å²) in [6.45, 7) is 1.92. The molecule has 0 radical (unpaired) electrons. The highest BCUT2D eigenvalue weighted by atomic mass is 16.5. The van der Waals surface area contributed by atoms with Gasteiger partial charge in [0.25, 0.3) is 0 Å². The number of methoxy groups -OCH3 is 2. The van der Waals surface area contributed by atoms with Crippen molar-refractivity contribution in [3.63, 3.8) is 0 Å². The number of nitrogens with zero attached hydrogens (tertiary/aromatic N) is 1. The Kier molecular flexibility index (Phi) is 2.91. The van der Waals surface area contributed by atoms with Crippen LogP contribution in [0, 0.1) is 6.92 Å². The molecule has 0 saturated carbocycles. The predicted octanol–water partition coefficient (Wildman–Crippen LogP) is 2.25. The number of aromatic nitrogens is 1. The van der Waals surface area contributed by atoms with E-state index in [-0.39, 0.29) is 5.88 Å². The summed E-state index contributed by atoms with van der Waals surface area (Å²) in [5.41, 5.74) is 7.89. The molecule has 2 N–H and O–H groups in total. The summed E-state index contributed by atoms with van der Waals surface area (Å²) in [6, 6.07) is 5.38. The van der Waals surface area contributed by atoms with Gasteiger partial charge in [0.05, 0.1) is 14.2 Å². The van der Waals surface area contributed by atoms with Crippen molar-refractivity contribution in [3.05, 3.63) is 23.8 Å². The minimum Gasteiger partial charge on any atom is -0.496 e. The van der Waals surface area contributed by atoms with Gasteiger partial charge in [-0.1, -0.05) is 5.16 Å². The monoisotopic (exact) mass is 234 g/mol. The maximum Gasteiger partial charge on any atom is 0.222 e. The summed E-state index contributed by atoms with van der Waals surface area (Å²) in [5, 5.41) is 3.87. The standard InChI is InChI=1S/C12H14N2O3/c1-7-10(15-2)5-4-8(12(7)16-3)9-6-11(13)17-14-9/h4-6H,13H2,1-3H3. The van der Waals surface area contributed by atoms with E-state index in [9.17, 15) is 0 Å². The predicted molar refractivity (Wildman–Crippen MR) is 64.2 cm³/mol. The molecule has 0 saturated heterocycles.